The quantitative estimate of drug-likeness (QED) is 0.820. The second kappa shape index (κ2) is 4.72. The molecule has 0 bridgehead atoms. The number of nitrogens with zero attached hydrogens (tertiary/aromatic N) is 1. The van der Waals surface area contributed by atoms with Crippen molar-refractivity contribution in [3.63, 3.8) is 0 Å². The first-order valence-corrected chi connectivity index (χ1v) is 7.05. The molecule has 100 valence electrons. The van der Waals surface area contributed by atoms with Gasteiger partial charge in [-0.2, -0.15) is 0 Å². The maximum atomic E-state index is 5.98. The second-order valence-corrected chi connectivity index (χ2v) is 5.97. The Bertz CT molecular complexity index is 586. The average Bonchev–Trinajstić information content (AvgIpc) is 2.86. The van der Waals surface area contributed by atoms with Crippen LogP contribution in [-0.2, 0) is 0 Å². The van der Waals surface area contributed by atoms with Crippen LogP contribution < -0.4 is 11.1 Å². The van der Waals surface area contributed by atoms with E-state index in [1.807, 2.05) is 12.1 Å². The summed E-state index contributed by atoms with van der Waals surface area (Å²) < 4.78 is 0. The third-order valence-electron chi connectivity index (χ3n) is 4.32. The molecule has 0 aliphatic heterocycles. The van der Waals surface area contributed by atoms with Gasteiger partial charge in [0, 0.05) is 23.8 Å². The fourth-order valence-electron chi connectivity index (χ4n) is 3.06. The zero-order chi connectivity index (χ0) is 13.3. The molecule has 0 amide bonds. The number of anilines is 2. The smallest absolute Gasteiger partial charge is 0.0951 e. The number of hydrogen-bond donors (Lipinski definition) is 2. The van der Waals surface area contributed by atoms with Gasteiger partial charge in [0.25, 0.3) is 0 Å². The van der Waals surface area contributed by atoms with Crippen LogP contribution in [0.1, 0.15) is 32.6 Å². The zero-order valence-corrected chi connectivity index (χ0v) is 11.4. The molecule has 1 aromatic heterocycles. The van der Waals surface area contributed by atoms with E-state index in [-0.39, 0.29) is 0 Å². The van der Waals surface area contributed by atoms with E-state index in [9.17, 15) is 0 Å². The number of benzene rings is 1. The lowest BCUT2D eigenvalue weighted by molar-refractivity contribution is 0.362. The first kappa shape index (κ1) is 12.3. The summed E-state index contributed by atoms with van der Waals surface area (Å²) in [5.41, 5.74) is 9.20. The van der Waals surface area contributed by atoms with Gasteiger partial charge >= 0.3 is 0 Å². The Balaban J connectivity index is 1.87. The Labute approximate surface area is 114 Å². The Hall–Kier alpha value is -1.77. The first-order valence-electron chi connectivity index (χ1n) is 7.05. The fourth-order valence-corrected chi connectivity index (χ4v) is 3.06. The Morgan fingerprint density at radius 2 is 2.05 bits per heavy atom. The van der Waals surface area contributed by atoms with Gasteiger partial charge in [0.05, 0.1) is 11.2 Å². The van der Waals surface area contributed by atoms with Gasteiger partial charge in [0.15, 0.2) is 0 Å². The Kier molecular flexibility index (Phi) is 3.05. The molecule has 3 N–H and O–H groups in total. The van der Waals surface area contributed by atoms with Gasteiger partial charge in [0.2, 0.25) is 0 Å². The van der Waals surface area contributed by atoms with Crippen LogP contribution in [0.3, 0.4) is 0 Å². The van der Waals surface area contributed by atoms with E-state index < -0.39 is 0 Å². The molecule has 1 heterocycles. The maximum Gasteiger partial charge on any atom is 0.0951 e. The number of nitrogens with two attached hydrogens (primary N) is 1. The lowest BCUT2D eigenvalue weighted by Gasteiger charge is -2.25. The van der Waals surface area contributed by atoms with Crippen molar-refractivity contribution in [1.29, 1.82) is 0 Å². The topological polar surface area (TPSA) is 50.9 Å². The number of nitrogens with one attached hydrogen (secondary N) is 1. The normalized spacial score (nSPS) is 17.7. The lowest BCUT2D eigenvalue weighted by Crippen LogP contribution is -2.23. The molecule has 1 fully saturated rings. The molecule has 19 heavy (non-hydrogen) atoms. The SMILES string of the molecule is CC1(CNc2ccc(N)c3ncccc23)CCCC1. The number of rotatable bonds is 3. The van der Waals surface area contributed by atoms with Crippen molar-refractivity contribution in [2.75, 3.05) is 17.6 Å². The molecular weight excluding hydrogens is 234 g/mol. The molecule has 0 saturated heterocycles. The highest BCUT2D eigenvalue weighted by molar-refractivity contribution is 5.98. The fraction of sp³-hybridized carbons (Fsp3) is 0.438. The monoisotopic (exact) mass is 255 g/mol. The summed E-state index contributed by atoms with van der Waals surface area (Å²) in [6, 6.07) is 8.05. The van der Waals surface area contributed by atoms with Gasteiger partial charge in [-0.1, -0.05) is 19.8 Å². The van der Waals surface area contributed by atoms with Crippen molar-refractivity contribution in [2.24, 2.45) is 5.41 Å². The maximum absolute atomic E-state index is 5.98. The van der Waals surface area contributed by atoms with Crippen LogP contribution in [0.4, 0.5) is 11.4 Å². The van der Waals surface area contributed by atoms with Gasteiger partial charge in [-0.25, -0.2) is 0 Å². The molecule has 1 aliphatic rings. The summed E-state index contributed by atoms with van der Waals surface area (Å²) in [6.45, 7) is 3.41. The van der Waals surface area contributed by atoms with Crippen LogP contribution >= 0.6 is 0 Å². The van der Waals surface area contributed by atoms with Gasteiger partial charge < -0.3 is 11.1 Å². The molecular formula is C16H21N3. The summed E-state index contributed by atoms with van der Waals surface area (Å²) in [5.74, 6) is 0. The molecule has 1 aliphatic carbocycles. The number of aromatic nitrogens is 1. The Morgan fingerprint density at radius 1 is 1.26 bits per heavy atom. The molecule has 0 atom stereocenters. The van der Waals surface area contributed by atoms with E-state index >= 15 is 0 Å². The van der Waals surface area contributed by atoms with E-state index in [0.717, 1.165) is 28.8 Å². The molecule has 3 rings (SSSR count). The predicted octanol–water partition coefficient (Wildman–Crippen LogP) is 3.81. The van der Waals surface area contributed by atoms with E-state index in [4.69, 9.17) is 5.73 Å². The van der Waals surface area contributed by atoms with Gasteiger partial charge in [-0.3, -0.25) is 4.98 Å². The van der Waals surface area contributed by atoms with Crippen molar-refractivity contribution in [3.05, 3.63) is 30.5 Å². The predicted molar refractivity (Wildman–Crippen MR) is 81.2 cm³/mol. The summed E-state index contributed by atoms with van der Waals surface area (Å²) in [6.07, 6.45) is 7.17. The van der Waals surface area contributed by atoms with Crippen LogP contribution in [0.15, 0.2) is 30.5 Å². The Morgan fingerprint density at radius 3 is 2.84 bits per heavy atom. The number of nitrogen functional groups attached to an aromatic ring is 1. The van der Waals surface area contributed by atoms with E-state index in [2.05, 4.69) is 29.4 Å². The number of hydrogen-bond acceptors (Lipinski definition) is 3. The van der Waals surface area contributed by atoms with Crippen molar-refractivity contribution in [1.82, 2.24) is 4.98 Å². The molecule has 0 radical (unpaired) electrons. The van der Waals surface area contributed by atoms with Gasteiger partial charge in [0.1, 0.15) is 0 Å². The van der Waals surface area contributed by atoms with Crippen LogP contribution in [0.25, 0.3) is 10.9 Å². The van der Waals surface area contributed by atoms with E-state index in [1.54, 1.807) is 6.20 Å². The summed E-state index contributed by atoms with van der Waals surface area (Å²) >= 11 is 0. The second-order valence-electron chi connectivity index (χ2n) is 5.97. The highest BCUT2D eigenvalue weighted by atomic mass is 14.9. The number of pyridine rings is 1. The molecule has 2 aromatic rings. The van der Waals surface area contributed by atoms with E-state index in [0.29, 0.717) is 5.41 Å². The van der Waals surface area contributed by atoms with Crippen molar-refractivity contribution >= 4 is 22.3 Å². The highest BCUT2D eigenvalue weighted by Gasteiger charge is 2.28. The van der Waals surface area contributed by atoms with Crippen LogP contribution in [0.2, 0.25) is 0 Å². The molecule has 3 heteroatoms. The van der Waals surface area contributed by atoms with Crippen molar-refractivity contribution in [3.8, 4) is 0 Å². The summed E-state index contributed by atoms with van der Waals surface area (Å²) in [4.78, 5) is 4.37. The van der Waals surface area contributed by atoms with Crippen LogP contribution in [-0.4, -0.2) is 11.5 Å². The standard InChI is InChI=1S/C16H21N3/c1-16(8-2-3-9-16)11-19-14-7-6-13(17)15-12(14)5-4-10-18-15/h4-7,10,19H,2-3,8-9,11,17H2,1H3. The highest BCUT2D eigenvalue weighted by Crippen LogP contribution is 2.38. The van der Waals surface area contributed by atoms with Crippen molar-refractivity contribution < 1.29 is 0 Å². The number of fused-ring (bicyclic) bond motifs is 1. The first-order chi connectivity index (χ1) is 9.18. The minimum atomic E-state index is 0.440. The summed E-state index contributed by atoms with van der Waals surface area (Å²) in [7, 11) is 0. The minimum Gasteiger partial charge on any atom is -0.397 e. The van der Waals surface area contributed by atoms with Gasteiger partial charge in [-0.05, 0) is 42.5 Å². The average molecular weight is 255 g/mol. The molecule has 1 aromatic carbocycles. The lowest BCUT2D eigenvalue weighted by atomic mass is 9.89. The molecule has 1 saturated carbocycles. The van der Waals surface area contributed by atoms with Crippen molar-refractivity contribution in [2.45, 2.75) is 32.6 Å². The third kappa shape index (κ3) is 2.37. The van der Waals surface area contributed by atoms with Crippen LogP contribution in [0, 0.1) is 5.41 Å². The largest absolute Gasteiger partial charge is 0.397 e. The molecule has 0 spiro atoms. The molecule has 0 unspecified atom stereocenters. The molecule has 3 nitrogen and oxygen atoms in total. The van der Waals surface area contributed by atoms with Gasteiger partial charge in [-0.15, -0.1) is 0 Å². The van der Waals surface area contributed by atoms with E-state index in [1.165, 1.54) is 25.7 Å². The summed E-state index contributed by atoms with van der Waals surface area (Å²) in [5, 5.41) is 4.72. The third-order valence-corrected chi connectivity index (χ3v) is 4.32. The van der Waals surface area contributed by atoms with Crippen LogP contribution in [0.5, 0.6) is 0 Å². The zero-order valence-electron chi connectivity index (χ0n) is 11.4. The minimum absolute atomic E-state index is 0.440.